The van der Waals surface area contributed by atoms with Crippen LogP contribution in [0.4, 0.5) is 8.78 Å². The molecule has 22 heavy (non-hydrogen) atoms. The molecular weight excluding hydrogens is 437 g/mol. The molecule has 1 aromatic heterocycles. The van der Waals surface area contributed by atoms with Crippen molar-refractivity contribution in [2.45, 2.75) is 3.92 Å². The molecule has 0 fully saturated rings. The summed E-state index contributed by atoms with van der Waals surface area (Å²) in [6.45, 7) is 0. The summed E-state index contributed by atoms with van der Waals surface area (Å²) in [5.74, 6) is -1.63. The van der Waals surface area contributed by atoms with Crippen LogP contribution >= 0.6 is 45.5 Å². The highest BCUT2D eigenvalue weighted by Crippen LogP contribution is 2.52. The number of hydrogen-bond donors (Lipinski definition) is 0. The van der Waals surface area contributed by atoms with Crippen molar-refractivity contribution in [1.29, 1.82) is 0 Å². The zero-order valence-electron chi connectivity index (χ0n) is 11.0. The largest absolute Gasteiger partial charge is 0.204 e. The predicted molar refractivity (Wildman–Crippen MR) is 96.0 cm³/mol. The second-order valence-corrected chi connectivity index (χ2v) is 8.00. The van der Waals surface area contributed by atoms with Crippen LogP contribution < -0.4 is 0 Å². The van der Waals surface area contributed by atoms with Gasteiger partial charge < -0.3 is 0 Å². The first-order chi connectivity index (χ1) is 10.6. The maximum Gasteiger partial charge on any atom is 0.167 e. The van der Waals surface area contributed by atoms with E-state index in [1.165, 1.54) is 17.4 Å². The Morgan fingerprint density at radius 2 is 1.77 bits per heavy atom. The van der Waals surface area contributed by atoms with Gasteiger partial charge in [-0.15, -0.1) is 11.3 Å². The first-order valence-electron chi connectivity index (χ1n) is 6.59. The minimum absolute atomic E-state index is 0.0442. The molecule has 3 aromatic rings. The summed E-state index contributed by atoms with van der Waals surface area (Å²) in [4.78, 5) is 0.894. The number of benzene rings is 2. The lowest BCUT2D eigenvalue weighted by Gasteiger charge is -2.14. The number of thiophene rings is 1. The van der Waals surface area contributed by atoms with Gasteiger partial charge in [0.1, 0.15) is 0 Å². The van der Waals surface area contributed by atoms with Crippen molar-refractivity contribution in [1.82, 2.24) is 0 Å². The van der Waals surface area contributed by atoms with E-state index in [4.69, 9.17) is 11.6 Å². The molecule has 1 atom stereocenters. The molecule has 0 radical (unpaired) electrons. The summed E-state index contributed by atoms with van der Waals surface area (Å²) in [6, 6.07) is 12.5. The highest BCUT2D eigenvalue weighted by Gasteiger charge is 2.30. The molecule has 1 unspecified atom stereocenters. The van der Waals surface area contributed by atoms with E-state index in [9.17, 15) is 8.78 Å². The Bertz CT molecular complexity index is 904. The van der Waals surface area contributed by atoms with Crippen LogP contribution in [0.25, 0.3) is 21.6 Å². The van der Waals surface area contributed by atoms with Gasteiger partial charge in [-0.1, -0.05) is 64.5 Å². The molecule has 1 aliphatic rings. The molecule has 0 amide bonds. The maximum absolute atomic E-state index is 14.5. The minimum Gasteiger partial charge on any atom is -0.204 e. The van der Waals surface area contributed by atoms with E-state index in [0.29, 0.717) is 15.5 Å². The third kappa shape index (κ3) is 2.04. The molecule has 2 aromatic carbocycles. The third-order valence-electron chi connectivity index (χ3n) is 3.85. The van der Waals surface area contributed by atoms with Crippen LogP contribution in [0.1, 0.15) is 15.1 Å². The fourth-order valence-electron chi connectivity index (χ4n) is 2.89. The van der Waals surface area contributed by atoms with E-state index in [1.807, 2.05) is 24.3 Å². The van der Waals surface area contributed by atoms with Crippen molar-refractivity contribution in [2.24, 2.45) is 0 Å². The summed E-state index contributed by atoms with van der Waals surface area (Å²) in [5, 5.41) is 0. The molecule has 0 nitrogen and oxygen atoms in total. The van der Waals surface area contributed by atoms with Gasteiger partial charge in [0.15, 0.2) is 11.6 Å². The van der Waals surface area contributed by atoms with Gasteiger partial charge in [-0.05, 0) is 28.8 Å². The zero-order valence-corrected chi connectivity index (χ0v) is 14.8. The minimum atomic E-state index is -0.832. The Kier molecular flexibility index (Phi) is 3.51. The van der Waals surface area contributed by atoms with E-state index in [0.717, 1.165) is 21.6 Å². The summed E-state index contributed by atoms with van der Waals surface area (Å²) in [6.07, 6.45) is 0. The Balaban J connectivity index is 2.18. The molecule has 0 spiro atoms. The summed E-state index contributed by atoms with van der Waals surface area (Å²) in [7, 11) is 0. The second-order valence-electron chi connectivity index (χ2n) is 5.07. The van der Waals surface area contributed by atoms with E-state index < -0.39 is 11.6 Å². The number of alkyl halides is 1. The first kappa shape index (κ1) is 14.6. The average molecular weight is 445 g/mol. The smallest absolute Gasteiger partial charge is 0.167 e. The molecule has 0 aliphatic heterocycles. The summed E-state index contributed by atoms with van der Waals surface area (Å²) < 4.78 is 28.8. The summed E-state index contributed by atoms with van der Waals surface area (Å²) in [5.41, 5.74) is 3.90. The molecule has 4 rings (SSSR count). The van der Waals surface area contributed by atoms with Gasteiger partial charge in [-0.2, -0.15) is 0 Å². The standard InChI is InChI=1S/C17H8ClF2IS/c18-13-7-11-14-10(5-6-12(19)15(14)20)16(21)8-3-1-2-4-9(8)17(11)22-13/h1-7,16H. The molecule has 110 valence electrons. The van der Waals surface area contributed by atoms with E-state index in [-0.39, 0.29) is 3.92 Å². The maximum atomic E-state index is 14.5. The van der Waals surface area contributed by atoms with Gasteiger partial charge in [0, 0.05) is 16.0 Å². The third-order valence-corrected chi connectivity index (χ3v) is 6.49. The van der Waals surface area contributed by atoms with Crippen LogP contribution in [0.2, 0.25) is 4.34 Å². The van der Waals surface area contributed by atoms with E-state index in [2.05, 4.69) is 22.6 Å². The molecule has 0 saturated heterocycles. The molecule has 0 saturated carbocycles. The lowest BCUT2D eigenvalue weighted by molar-refractivity contribution is 0.510. The van der Waals surface area contributed by atoms with E-state index in [1.54, 1.807) is 12.1 Å². The fraction of sp³-hybridized carbons (Fsp3) is 0.0588. The van der Waals surface area contributed by atoms with Gasteiger partial charge in [-0.3, -0.25) is 0 Å². The highest BCUT2D eigenvalue weighted by atomic mass is 127. The van der Waals surface area contributed by atoms with Gasteiger partial charge in [-0.25, -0.2) is 8.78 Å². The van der Waals surface area contributed by atoms with Crippen LogP contribution in [0.3, 0.4) is 0 Å². The Morgan fingerprint density at radius 3 is 2.59 bits per heavy atom. The van der Waals surface area contributed by atoms with Crippen LogP contribution in [0.15, 0.2) is 42.5 Å². The van der Waals surface area contributed by atoms with Crippen LogP contribution in [-0.4, -0.2) is 0 Å². The SMILES string of the molecule is Fc1ccc2c(c1F)-c1cc(Cl)sc1-c1ccccc1C2I. The van der Waals surface area contributed by atoms with Crippen LogP contribution in [0, 0.1) is 11.6 Å². The van der Waals surface area contributed by atoms with E-state index >= 15 is 0 Å². The van der Waals surface area contributed by atoms with Crippen molar-refractivity contribution in [3.63, 3.8) is 0 Å². The number of fused-ring (bicyclic) bond motifs is 5. The average Bonchev–Trinajstić information content (AvgIpc) is 2.86. The molecule has 1 heterocycles. The monoisotopic (exact) mass is 444 g/mol. The van der Waals surface area contributed by atoms with Crippen LogP contribution in [-0.2, 0) is 0 Å². The Labute approximate surface area is 148 Å². The van der Waals surface area contributed by atoms with Crippen molar-refractivity contribution in [2.75, 3.05) is 0 Å². The van der Waals surface area contributed by atoms with Crippen molar-refractivity contribution in [3.05, 3.63) is 69.6 Å². The summed E-state index contributed by atoms with van der Waals surface area (Å²) >= 11 is 9.85. The Morgan fingerprint density at radius 1 is 1.00 bits per heavy atom. The molecule has 1 aliphatic carbocycles. The second kappa shape index (κ2) is 5.28. The first-order valence-corrected chi connectivity index (χ1v) is 9.03. The predicted octanol–water partition coefficient (Wildman–Crippen LogP) is 6.85. The topological polar surface area (TPSA) is 0 Å². The fourth-order valence-corrected chi connectivity index (χ4v) is 5.23. The number of halogens is 4. The Hall–Kier alpha value is -0.980. The van der Waals surface area contributed by atoms with Crippen molar-refractivity contribution < 1.29 is 8.78 Å². The van der Waals surface area contributed by atoms with Crippen molar-refractivity contribution in [3.8, 4) is 21.6 Å². The zero-order chi connectivity index (χ0) is 15.4. The molecular formula is C17H8ClF2IS. The van der Waals surface area contributed by atoms with Crippen LogP contribution in [0.5, 0.6) is 0 Å². The van der Waals surface area contributed by atoms with Gasteiger partial charge >= 0.3 is 0 Å². The van der Waals surface area contributed by atoms with Gasteiger partial charge in [0.25, 0.3) is 0 Å². The quantitative estimate of drug-likeness (QED) is 0.263. The molecule has 0 N–H and O–H groups in total. The highest BCUT2D eigenvalue weighted by molar-refractivity contribution is 14.1. The lowest BCUT2D eigenvalue weighted by atomic mass is 9.98. The normalized spacial score (nSPS) is 15.7. The van der Waals surface area contributed by atoms with Gasteiger partial charge in [0.2, 0.25) is 0 Å². The molecule has 0 bridgehead atoms. The molecule has 5 heteroatoms. The van der Waals surface area contributed by atoms with Gasteiger partial charge in [0.05, 0.1) is 8.26 Å². The van der Waals surface area contributed by atoms with Crippen molar-refractivity contribution >= 4 is 45.5 Å². The number of rotatable bonds is 0. The number of hydrogen-bond acceptors (Lipinski definition) is 1. The lowest BCUT2D eigenvalue weighted by Crippen LogP contribution is -1.98.